The van der Waals surface area contributed by atoms with E-state index in [-0.39, 0.29) is 11.8 Å². The number of hydrogen-bond acceptors (Lipinski definition) is 3. The fourth-order valence-electron chi connectivity index (χ4n) is 1.34. The van der Waals surface area contributed by atoms with Gasteiger partial charge in [0.25, 0.3) is 0 Å². The molecule has 68 valence electrons. The van der Waals surface area contributed by atoms with Gasteiger partial charge in [0.05, 0.1) is 6.10 Å². The Bertz CT molecular complexity index is 191. The Labute approximate surface area is 71.4 Å². The van der Waals surface area contributed by atoms with Gasteiger partial charge >= 0.3 is 0 Å². The maximum Gasteiger partial charge on any atom is 0.237 e. The van der Waals surface area contributed by atoms with Crippen molar-refractivity contribution < 1.29 is 9.90 Å². The number of rotatable bonds is 1. The third kappa shape index (κ3) is 2.32. The molecule has 4 N–H and O–H groups in total. The quantitative estimate of drug-likeness (QED) is 0.219. The molecule has 0 spiro atoms. The summed E-state index contributed by atoms with van der Waals surface area (Å²) in [7, 11) is 0. The van der Waals surface area contributed by atoms with Crippen LogP contribution in [0.25, 0.3) is 0 Å². The summed E-state index contributed by atoms with van der Waals surface area (Å²) in [4.78, 5) is 11.1. The Hall–Kier alpha value is -0.870. The molecule has 0 aromatic heterocycles. The van der Waals surface area contributed by atoms with Gasteiger partial charge in [-0.15, -0.1) is 0 Å². The number of hydrogen-bond donors (Lipinski definition) is 3. The van der Waals surface area contributed by atoms with Crippen molar-refractivity contribution in [2.75, 3.05) is 0 Å². The van der Waals surface area contributed by atoms with Crippen molar-refractivity contribution in [3.8, 4) is 0 Å². The molecule has 1 rings (SSSR count). The first-order chi connectivity index (χ1) is 5.74. The fourth-order valence-corrected chi connectivity index (χ4v) is 1.34. The predicted octanol–water partition coefficient (Wildman–Crippen LogP) is -0.307. The summed E-state index contributed by atoms with van der Waals surface area (Å²) < 4.78 is 0. The summed E-state index contributed by atoms with van der Waals surface area (Å²) in [5.41, 5.74) is 2.12. The van der Waals surface area contributed by atoms with E-state index in [0.717, 1.165) is 0 Å². The molecule has 0 fully saturated rings. The topological polar surface area (TPSA) is 75.3 Å². The number of amides is 1. The molecule has 4 nitrogen and oxygen atoms in total. The Balaban J connectivity index is 2.48. The van der Waals surface area contributed by atoms with Crippen LogP contribution in [0.5, 0.6) is 0 Å². The van der Waals surface area contributed by atoms with E-state index >= 15 is 0 Å². The minimum absolute atomic E-state index is 0.0802. The highest BCUT2D eigenvalue weighted by atomic mass is 16.3. The molecule has 0 aliphatic heterocycles. The van der Waals surface area contributed by atoms with Crippen LogP contribution in [0.2, 0.25) is 0 Å². The van der Waals surface area contributed by atoms with E-state index in [1.807, 2.05) is 6.08 Å². The van der Waals surface area contributed by atoms with Gasteiger partial charge in [-0.25, -0.2) is 5.84 Å². The van der Waals surface area contributed by atoms with Crippen molar-refractivity contribution >= 4 is 5.91 Å². The van der Waals surface area contributed by atoms with Crippen LogP contribution in [-0.2, 0) is 4.79 Å². The number of nitrogens with two attached hydrogens (primary N) is 1. The maximum absolute atomic E-state index is 11.1. The Morgan fingerprint density at radius 3 is 3.00 bits per heavy atom. The summed E-state index contributed by atoms with van der Waals surface area (Å²) in [5, 5.41) is 9.21. The van der Waals surface area contributed by atoms with E-state index in [1.165, 1.54) is 0 Å². The monoisotopic (exact) mass is 170 g/mol. The van der Waals surface area contributed by atoms with E-state index in [9.17, 15) is 9.90 Å². The number of carbonyl (C=O) groups is 1. The van der Waals surface area contributed by atoms with Gasteiger partial charge in [-0.05, 0) is 19.3 Å². The van der Waals surface area contributed by atoms with E-state index in [0.29, 0.717) is 19.3 Å². The summed E-state index contributed by atoms with van der Waals surface area (Å²) in [6, 6.07) is 0. The molecular formula is C8H14N2O2. The summed E-state index contributed by atoms with van der Waals surface area (Å²) in [5.74, 6) is 4.78. The first kappa shape index (κ1) is 9.22. The first-order valence-electron chi connectivity index (χ1n) is 4.09. The molecule has 1 aliphatic carbocycles. The number of nitrogens with one attached hydrogen (secondary N) is 1. The average Bonchev–Trinajstić information content (AvgIpc) is 2.29. The second kappa shape index (κ2) is 4.23. The second-order valence-electron chi connectivity index (χ2n) is 3.01. The van der Waals surface area contributed by atoms with Gasteiger partial charge < -0.3 is 5.11 Å². The van der Waals surface area contributed by atoms with Crippen molar-refractivity contribution in [2.45, 2.75) is 25.4 Å². The smallest absolute Gasteiger partial charge is 0.237 e. The summed E-state index contributed by atoms with van der Waals surface area (Å²) in [6.45, 7) is 0. The number of aliphatic hydroxyl groups is 1. The zero-order chi connectivity index (χ0) is 8.97. The third-order valence-corrected chi connectivity index (χ3v) is 2.10. The van der Waals surface area contributed by atoms with Crippen LogP contribution in [0.4, 0.5) is 0 Å². The standard InChI is InChI=1S/C8H14N2O2/c9-10-8(12)6-2-1-3-7(11)5-4-6/h1,3,6-7,11H,2,4-5,9H2,(H,10,12)/t6-,7+/m0/s1. The lowest BCUT2D eigenvalue weighted by Crippen LogP contribution is -2.35. The molecule has 0 heterocycles. The molecule has 12 heavy (non-hydrogen) atoms. The van der Waals surface area contributed by atoms with E-state index in [1.54, 1.807) is 6.08 Å². The Morgan fingerprint density at radius 2 is 2.33 bits per heavy atom. The van der Waals surface area contributed by atoms with Crippen molar-refractivity contribution in [2.24, 2.45) is 11.8 Å². The zero-order valence-electron chi connectivity index (χ0n) is 6.86. The largest absolute Gasteiger partial charge is 0.389 e. The van der Waals surface area contributed by atoms with Gasteiger partial charge in [0.15, 0.2) is 0 Å². The van der Waals surface area contributed by atoms with Crippen LogP contribution in [0.3, 0.4) is 0 Å². The maximum atomic E-state index is 11.1. The van der Waals surface area contributed by atoms with Crippen LogP contribution in [0.15, 0.2) is 12.2 Å². The average molecular weight is 170 g/mol. The Kier molecular flexibility index (Phi) is 3.25. The van der Waals surface area contributed by atoms with Gasteiger partial charge in [-0.3, -0.25) is 10.2 Å². The molecule has 1 aliphatic rings. The van der Waals surface area contributed by atoms with Gasteiger partial charge in [-0.1, -0.05) is 12.2 Å². The minimum Gasteiger partial charge on any atom is -0.389 e. The third-order valence-electron chi connectivity index (χ3n) is 2.10. The van der Waals surface area contributed by atoms with Gasteiger partial charge in [0.1, 0.15) is 0 Å². The predicted molar refractivity (Wildman–Crippen MR) is 44.8 cm³/mol. The Morgan fingerprint density at radius 1 is 1.58 bits per heavy atom. The van der Waals surface area contributed by atoms with Gasteiger partial charge in [-0.2, -0.15) is 0 Å². The minimum atomic E-state index is -0.402. The van der Waals surface area contributed by atoms with Crippen molar-refractivity contribution in [1.82, 2.24) is 5.43 Å². The van der Waals surface area contributed by atoms with Crippen molar-refractivity contribution in [1.29, 1.82) is 0 Å². The van der Waals surface area contributed by atoms with E-state index in [4.69, 9.17) is 5.84 Å². The normalized spacial score (nSPS) is 29.5. The van der Waals surface area contributed by atoms with Crippen LogP contribution >= 0.6 is 0 Å². The molecule has 0 bridgehead atoms. The van der Waals surface area contributed by atoms with Crippen LogP contribution in [0.1, 0.15) is 19.3 Å². The van der Waals surface area contributed by atoms with Crippen LogP contribution < -0.4 is 11.3 Å². The fraction of sp³-hybridized carbons (Fsp3) is 0.625. The lowest BCUT2D eigenvalue weighted by Gasteiger charge is -2.10. The molecule has 0 radical (unpaired) electrons. The molecule has 2 atom stereocenters. The lowest BCUT2D eigenvalue weighted by atomic mass is 10.00. The molecule has 0 aromatic carbocycles. The zero-order valence-corrected chi connectivity index (χ0v) is 6.86. The van der Waals surface area contributed by atoms with Crippen molar-refractivity contribution in [3.05, 3.63) is 12.2 Å². The number of carbonyl (C=O) groups excluding carboxylic acids is 1. The molecular weight excluding hydrogens is 156 g/mol. The summed E-state index contributed by atoms with van der Waals surface area (Å²) >= 11 is 0. The number of aliphatic hydroxyl groups excluding tert-OH is 1. The first-order valence-corrected chi connectivity index (χ1v) is 4.09. The molecule has 0 aromatic rings. The molecule has 1 amide bonds. The van der Waals surface area contributed by atoms with Gasteiger partial charge in [0, 0.05) is 5.92 Å². The molecule has 4 heteroatoms. The second-order valence-corrected chi connectivity index (χ2v) is 3.01. The van der Waals surface area contributed by atoms with E-state index in [2.05, 4.69) is 5.43 Å². The highest BCUT2D eigenvalue weighted by Crippen LogP contribution is 2.18. The highest BCUT2D eigenvalue weighted by Gasteiger charge is 2.19. The van der Waals surface area contributed by atoms with Crippen molar-refractivity contribution in [3.63, 3.8) is 0 Å². The van der Waals surface area contributed by atoms with Crippen LogP contribution in [0, 0.1) is 5.92 Å². The highest BCUT2D eigenvalue weighted by molar-refractivity contribution is 5.78. The van der Waals surface area contributed by atoms with Crippen LogP contribution in [-0.4, -0.2) is 17.1 Å². The number of allylic oxidation sites excluding steroid dienone is 1. The molecule has 0 unspecified atom stereocenters. The summed E-state index contributed by atoms with van der Waals surface area (Å²) in [6.07, 6.45) is 5.15. The molecule has 0 saturated heterocycles. The SMILES string of the molecule is NNC(=O)[C@H]1CC=C[C@@H](O)CC1. The van der Waals surface area contributed by atoms with E-state index < -0.39 is 6.10 Å². The molecule has 0 saturated carbocycles. The van der Waals surface area contributed by atoms with Gasteiger partial charge in [0.2, 0.25) is 5.91 Å². The number of hydrazine groups is 1. The lowest BCUT2D eigenvalue weighted by molar-refractivity contribution is -0.125.